The highest BCUT2D eigenvalue weighted by Gasteiger charge is 2.14. The molecule has 25 heavy (non-hydrogen) atoms. The maximum Gasteiger partial charge on any atom is 0.285 e. The molecule has 0 N–H and O–H groups in total. The van der Waals surface area contributed by atoms with E-state index in [-0.39, 0.29) is 11.4 Å². The molecule has 0 aliphatic heterocycles. The average molecular weight is 370 g/mol. The van der Waals surface area contributed by atoms with Crippen LogP contribution < -0.4 is 4.80 Å². The van der Waals surface area contributed by atoms with Gasteiger partial charge in [0.25, 0.3) is 10.0 Å². The van der Waals surface area contributed by atoms with Crippen molar-refractivity contribution in [2.75, 3.05) is 0 Å². The molecule has 2 aromatic carbocycles. The van der Waals surface area contributed by atoms with Crippen LogP contribution in [0.5, 0.6) is 0 Å². The summed E-state index contributed by atoms with van der Waals surface area (Å²) in [5, 5.41) is 0. The highest BCUT2D eigenvalue weighted by atomic mass is 32.2. The van der Waals surface area contributed by atoms with E-state index in [0.717, 1.165) is 10.2 Å². The summed E-state index contributed by atoms with van der Waals surface area (Å²) in [7, 11) is -3.78. The zero-order valence-corrected chi connectivity index (χ0v) is 15.6. The Hall–Kier alpha value is -2.36. The fraction of sp³-hybridized carbons (Fsp3) is 0.211. The molecule has 0 atom stereocenters. The van der Waals surface area contributed by atoms with Gasteiger partial charge in [0.05, 0.1) is 21.7 Å². The number of nitrogens with zero attached hydrogens (tertiary/aromatic N) is 2. The fourth-order valence-electron chi connectivity index (χ4n) is 2.51. The van der Waals surface area contributed by atoms with Crippen LogP contribution in [0.3, 0.4) is 0 Å². The smallest absolute Gasteiger partial charge is 0.285 e. The van der Waals surface area contributed by atoms with E-state index in [2.05, 4.69) is 30.2 Å². The van der Waals surface area contributed by atoms with Crippen LogP contribution in [0.1, 0.15) is 25.3 Å². The molecule has 0 aliphatic rings. The van der Waals surface area contributed by atoms with Crippen LogP contribution >= 0.6 is 11.3 Å². The maximum absolute atomic E-state index is 12.6. The Labute approximate surface area is 151 Å². The summed E-state index contributed by atoms with van der Waals surface area (Å²) in [5.41, 5.74) is 2.09. The zero-order chi connectivity index (χ0) is 18.0. The lowest BCUT2D eigenvalue weighted by Gasteiger charge is -2.05. The molecule has 1 aromatic heterocycles. The molecule has 1 heterocycles. The summed E-state index contributed by atoms with van der Waals surface area (Å²) >= 11 is 1.34. The lowest BCUT2D eigenvalue weighted by molar-refractivity contribution is 0.596. The summed E-state index contributed by atoms with van der Waals surface area (Å²) in [5.74, 6) is 2.97. The molecule has 6 heteroatoms. The Morgan fingerprint density at radius 3 is 2.56 bits per heavy atom. The van der Waals surface area contributed by atoms with Crippen molar-refractivity contribution in [2.24, 2.45) is 4.40 Å². The maximum atomic E-state index is 12.6. The predicted molar refractivity (Wildman–Crippen MR) is 102 cm³/mol. The number of sulfonamides is 1. The van der Waals surface area contributed by atoms with E-state index < -0.39 is 10.0 Å². The molecule has 0 spiro atoms. The van der Waals surface area contributed by atoms with Crippen molar-refractivity contribution in [1.82, 2.24) is 4.57 Å². The summed E-state index contributed by atoms with van der Waals surface area (Å²) < 4.78 is 32.0. The Morgan fingerprint density at radius 2 is 1.92 bits per heavy atom. The molecular weight excluding hydrogens is 352 g/mol. The first-order chi connectivity index (χ1) is 11.9. The van der Waals surface area contributed by atoms with Gasteiger partial charge in [0, 0.05) is 0 Å². The van der Waals surface area contributed by atoms with E-state index in [1.54, 1.807) is 22.8 Å². The molecule has 0 amide bonds. The SMILES string of the molecule is C#CCn1c(=NS(=O)(=O)c2ccccc2)sc2cc(C(C)C)ccc21. The minimum Gasteiger partial charge on any atom is -0.304 e. The van der Waals surface area contributed by atoms with Gasteiger partial charge in [-0.2, -0.15) is 8.42 Å². The quantitative estimate of drug-likeness (QED) is 0.657. The molecule has 0 fully saturated rings. The summed E-state index contributed by atoms with van der Waals surface area (Å²) in [6.07, 6.45) is 5.48. The highest BCUT2D eigenvalue weighted by molar-refractivity contribution is 7.90. The van der Waals surface area contributed by atoms with Crippen LogP contribution in [0.25, 0.3) is 10.2 Å². The van der Waals surface area contributed by atoms with E-state index in [1.807, 2.05) is 12.1 Å². The summed E-state index contributed by atoms with van der Waals surface area (Å²) in [6.45, 7) is 4.51. The first-order valence-corrected chi connectivity index (χ1v) is 10.1. The Kier molecular flexibility index (Phi) is 4.80. The van der Waals surface area contributed by atoms with Crippen molar-refractivity contribution in [3.05, 3.63) is 58.9 Å². The fourth-order valence-corrected chi connectivity index (χ4v) is 4.81. The standard InChI is InChI=1S/C19H18N2O2S2/c1-4-12-21-17-11-10-15(14(2)3)13-18(17)24-19(21)20-25(22,23)16-8-6-5-7-9-16/h1,5-11,13-14H,12H2,2-3H3. The lowest BCUT2D eigenvalue weighted by Crippen LogP contribution is -2.16. The van der Waals surface area contributed by atoms with Crippen molar-refractivity contribution in [1.29, 1.82) is 0 Å². The third-order valence-electron chi connectivity index (χ3n) is 3.86. The molecular formula is C19H18N2O2S2. The van der Waals surface area contributed by atoms with Gasteiger partial charge in [0.15, 0.2) is 0 Å². The third kappa shape index (κ3) is 3.53. The number of fused-ring (bicyclic) bond motifs is 1. The van der Waals surface area contributed by atoms with Gasteiger partial charge in [0.2, 0.25) is 4.80 Å². The third-order valence-corrected chi connectivity index (χ3v) is 6.30. The van der Waals surface area contributed by atoms with Crippen molar-refractivity contribution in [3.8, 4) is 12.3 Å². The second kappa shape index (κ2) is 6.87. The highest BCUT2D eigenvalue weighted by Crippen LogP contribution is 2.24. The van der Waals surface area contributed by atoms with Crippen LogP contribution in [-0.2, 0) is 16.6 Å². The van der Waals surface area contributed by atoms with Gasteiger partial charge in [-0.15, -0.1) is 10.8 Å². The number of thiazole rings is 1. The molecule has 0 bridgehead atoms. The average Bonchev–Trinajstić information content (AvgIpc) is 2.92. The number of rotatable bonds is 4. The topological polar surface area (TPSA) is 51.4 Å². The number of aromatic nitrogens is 1. The molecule has 0 unspecified atom stereocenters. The van der Waals surface area contributed by atoms with Gasteiger partial charge in [-0.3, -0.25) is 0 Å². The number of hydrogen-bond donors (Lipinski definition) is 0. The van der Waals surface area contributed by atoms with Crippen LogP contribution in [0.2, 0.25) is 0 Å². The molecule has 3 rings (SSSR count). The number of benzene rings is 2. The molecule has 0 saturated carbocycles. The van der Waals surface area contributed by atoms with Gasteiger partial charge in [-0.25, -0.2) is 0 Å². The molecule has 0 aliphatic carbocycles. The minimum absolute atomic E-state index is 0.169. The first-order valence-electron chi connectivity index (χ1n) is 7.85. The molecule has 4 nitrogen and oxygen atoms in total. The van der Waals surface area contributed by atoms with Gasteiger partial charge in [0.1, 0.15) is 0 Å². The van der Waals surface area contributed by atoms with E-state index >= 15 is 0 Å². The van der Waals surface area contributed by atoms with E-state index in [9.17, 15) is 8.42 Å². The second-order valence-corrected chi connectivity index (χ2v) is 8.55. The summed E-state index contributed by atoms with van der Waals surface area (Å²) in [4.78, 5) is 0.556. The van der Waals surface area contributed by atoms with Crippen LogP contribution in [-0.4, -0.2) is 13.0 Å². The van der Waals surface area contributed by atoms with Crippen LogP contribution in [0.4, 0.5) is 0 Å². The Morgan fingerprint density at radius 1 is 1.20 bits per heavy atom. The van der Waals surface area contributed by atoms with E-state index in [1.165, 1.54) is 29.0 Å². The molecule has 128 valence electrons. The van der Waals surface area contributed by atoms with Crippen molar-refractivity contribution < 1.29 is 8.42 Å². The minimum atomic E-state index is -3.78. The zero-order valence-electron chi connectivity index (χ0n) is 14.0. The van der Waals surface area contributed by atoms with Crippen LogP contribution in [0.15, 0.2) is 57.8 Å². The Bertz CT molecular complexity index is 1120. The molecule has 0 radical (unpaired) electrons. The van der Waals surface area contributed by atoms with Gasteiger partial charge < -0.3 is 4.57 Å². The van der Waals surface area contributed by atoms with Crippen molar-refractivity contribution >= 4 is 31.6 Å². The molecule has 3 aromatic rings. The monoisotopic (exact) mass is 370 g/mol. The van der Waals surface area contributed by atoms with E-state index in [4.69, 9.17) is 6.42 Å². The van der Waals surface area contributed by atoms with E-state index in [0.29, 0.717) is 10.7 Å². The number of terminal acetylenes is 1. The van der Waals surface area contributed by atoms with Gasteiger partial charge in [-0.05, 0) is 35.7 Å². The van der Waals surface area contributed by atoms with Gasteiger partial charge in [-0.1, -0.05) is 55.4 Å². The van der Waals surface area contributed by atoms with Crippen molar-refractivity contribution in [2.45, 2.75) is 31.2 Å². The normalized spacial score (nSPS) is 12.6. The van der Waals surface area contributed by atoms with Gasteiger partial charge >= 0.3 is 0 Å². The van der Waals surface area contributed by atoms with Crippen LogP contribution in [0, 0.1) is 12.3 Å². The largest absolute Gasteiger partial charge is 0.304 e. The molecule has 0 saturated heterocycles. The number of hydrogen-bond acceptors (Lipinski definition) is 3. The lowest BCUT2D eigenvalue weighted by atomic mass is 10.0. The Balaban J connectivity index is 2.25. The summed E-state index contributed by atoms with van der Waals surface area (Å²) in [6, 6.07) is 14.3. The predicted octanol–water partition coefficient (Wildman–Crippen LogP) is 3.75. The second-order valence-electron chi connectivity index (χ2n) is 5.94. The first kappa shape index (κ1) is 17.5. The van der Waals surface area contributed by atoms with Crippen molar-refractivity contribution in [3.63, 3.8) is 0 Å².